The number of amides is 3. The van der Waals surface area contributed by atoms with Crippen molar-refractivity contribution in [2.24, 2.45) is 0 Å². The predicted octanol–water partition coefficient (Wildman–Crippen LogP) is 3.54. The number of H-pyrrole nitrogens is 1. The maximum Gasteiger partial charge on any atom is 0.255 e. The lowest BCUT2D eigenvalue weighted by molar-refractivity contribution is -0.120. The third-order valence-electron chi connectivity index (χ3n) is 7.11. The van der Waals surface area contributed by atoms with Crippen LogP contribution in [0.2, 0.25) is 0 Å². The fourth-order valence-electron chi connectivity index (χ4n) is 5.06. The van der Waals surface area contributed by atoms with Crippen molar-refractivity contribution in [3.63, 3.8) is 0 Å². The second-order valence-corrected chi connectivity index (χ2v) is 9.82. The first-order valence-corrected chi connectivity index (χ1v) is 12.6. The first-order valence-electron chi connectivity index (χ1n) is 12.6. The number of nitrogens with zero attached hydrogens (tertiary/aromatic N) is 2. The highest BCUT2D eigenvalue weighted by atomic mass is 19.1. The summed E-state index contributed by atoms with van der Waals surface area (Å²) < 4.78 is 28.4. The van der Waals surface area contributed by atoms with Gasteiger partial charge < -0.3 is 16.0 Å². The summed E-state index contributed by atoms with van der Waals surface area (Å²) in [6.07, 6.45) is 1.64. The first-order chi connectivity index (χ1) is 19.3. The minimum absolute atomic E-state index is 0.00395. The lowest BCUT2D eigenvalue weighted by Gasteiger charge is -2.23. The SMILES string of the molecule is CC1=C(C(=O)Nc2ccc3[nH]ncc3c2)C(c2ccc(F)c(C(=O)NCc3cccc(F)c3)c2)N2CC2C(=O)N1. The van der Waals surface area contributed by atoms with Crippen molar-refractivity contribution in [3.8, 4) is 0 Å². The average molecular weight is 543 g/mol. The Labute approximate surface area is 227 Å². The summed E-state index contributed by atoms with van der Waals surface area (Å²) in [6, 6.07) is 13.9. The summed E-state index contributed by atoms with van der Waals surface area (Å²) in [5, 5.41) is 16.0. The van der Waals surface area contributed by atoms with E-state index < -0.39 is 35.5 Å². The third-order valence-corrected chi connectivity index (χ3v) is 7.11. The van der Waals surface area contributed by atoms with Crippen LogP contribution < -0.4 is 16.0 Å². The van der Waals surface area contributed by atoms with Crippen molar-refractivity contribution >= 4 is 34.3 Å². The van der Waals surface area contributed by atoms with Gasteiger partial charge in [-0.05, 0) is 60.5 Å². The van der Waals surface area contributed by atoms with Gasteiger partial charge in [0.05, 0.1) is 28.9 Å². The number of rotatable bonds is 6. The van der Waals surface area contributed by atoms with E-state index in [2.05, 4.69) is 26.1 Å². The molecule has 2 aliphatic heterocycles. The molecule has 0 aliphatic carbocycles. The standard InChI is InChI=1S/C29H24F2N6O3/c1-15-25(29(40)35-20-6-8-23-18(10-20)13-33-36-23)26(37-14-24(37)28(39)34-15)17-5-7-22(31)21(11-17)27(38)32-12-16-3-2-4-19(30)9-16/h2-11,13,24,26H,12,14H2,1H3,(H,32,38)(H,33,36)(H,34,39)(H,35,40). The van der Waals surface area contributed by atoms with Crippen molar-refractivity contribution in [2.45, 2.75) is 25.6 Å². The summed E-state index contributed by atoms with van der Waals surface area (Å²) in [5.74, 6) is -2.55. The Balaban J connectivity index is 1.31. The third kappa shape index (κ3) is 4.82. The molecule has 4 N–H and O–H groups in total. The van der Waals surface area contributed by atoms with Gasteiger partial charge in [-0.1, -0.05) is 18.2 Å². The number of anilines is 1. The highest BCUT2D eigenvalue weighted by Gasteiger charge is 2.50. The second kappa shape index (κ2) is 10.0. The van der Waals surface area contributed by atoms with Crippen LogP contribution in [0, 0.1) is 11.6 Å². The number of nitrogens with one attached hydrogen (secondary N) is 4. The van der Waals surface area contributed by atoms with Gasteiger partial charge in [0.15, 0.2) is 0 Å². The molecule has 0 bridgehead atoms. The fourth-order valence-corrected chi connectivity index (χ4v) is 5.06. The lowest BCUT2D eigenvalue weighted by Crippen LogP contribution is -2.28. The number of hydrogen-bond acceptors (Lipinski definition) is 5. The average Bonchev–Trinajstić information content (AvgIpc) is 3.60. The van der Waals surface area contributed by atoms with Crippen molar-refractivity contribution in [3.05, 3.63) is 106 Å². The normalized spacial score (nSPS) is 20.0. The summed E-state index contributed by atoms with van der Waals surface area (Å²) in [6.45, 7) is 2.05. The molecule has 202 valence electrons. The summed E-state index contributed by atoms with van der Waals surface area (Å²) in [4.78, 5) is 41.1. The molecule has 3 aromatic carbocycles. The van der Waals surface area contributed by atoms with Crippen LogP contribution in [0.15, 0.2) is 78.1 Å². The fraction of sp³-hybridized carbons (Fsp3) is 0.172. The molecular weight excluding hydrogens is 518 g/mol. The number of benzene rings is 3. The van der Waals surface area contributed by atoms with Crippen LogP contribution in [0.4, 0.5) is 14.5 Å². The monoisotopic (exact) mass is 542 g/mol. The van der Waals surface area contributed by atoms with E-state index in [1.54, 1.807) is 37.4 Å². The van der Waals surface area contributed by atoms with Crippen molar-refractivity contribution < 1.29 is 23.2 Å². The number of fused-ring (bicyclic) bond motifs is 2. The lowest BCUT2D eigenvalue weighted by atomic mass is 9.94. The minimum Gasteiger partial charge on any atom is -0.348 e. The zero-order valence-electron chi connectivity index (χ0n) is 21.3. The molecule has 0 spiro atoms. The molecule has 1 saturated heterocycles. The molecule has 4 aromatic rings. The number of aromatic amines is 1. The molecule has 3 unspecified atom stereocenters. The van der Waals surface area contributed by atoms with Crippen LogP contribution in [0.25, 0.3) is 10.9 Å². The molecule has 3 heterocycles. The molecule has 1 fully saturated rings. The molecule has 0 saturated carbocycles. The van der Waals surface area contributed by atoms with Crippen LogP contribution in [0.3, 0.4) is 0 Å². The van der Waals surface area contributed by atoms with Crippen LogP contribution >= 0.6 is 0 Å². The van der Waals surface area contributed by atoms with Crippen molar-refractivity contribution in [2.75, 3.05) is 11.9 Å². The van der Waals surface area contributed by atoms with E-state index in [0.29, 0.717) is 29.1 Å². The Bertz CT molecular complexity index is 1710. The van der Waals surface area contributed by atoms with Crippen LogP contribution in [-0.2, 0) is 16.1 Å². The number of allylic oxidation sites excluding steroid dienone is 1. The maximum atomic E-state index is 14.8. The molecular formula is C29H24F2N6O3. The smallest absolute Gasteiger partial charge is 0.255 e. The number of hydrogen-bond donors (Lipinski definition) is 4. The largest absolute Gasteiger partial charge is 0.348 e. The molecule has 0 radical (unpaired) electrons. The van der Waals surface area contributed by atoms with Gasteiger partial charge in [-0.15, -0.1) is 0 Å². The molecule has 2 aliphatic rings. The Kier molecular flexibility index (Phi) is 6.35. The van der Waals surface area contributed by atoms with E-state index in [4.69, 9.17) is 0 Å². The number of aromatic nitrogens is 2. The zero-order valence-corrected chi connectivity index (χ0v) is 21.3. The van der Waals surface area contributed by atoms with Crippen LogP contribution in [0.1, 0.15) is 34.5 Å². The Morgan fingerprint density at radius 1 is 1.07 bits per heavy atom. The summed E-state index contributed by atoms with van der Waals surface area (Å²) in [7, 11) is 0. The maximum absolute atomic E-state index is 14.8. The summed E-state index contributed by atoms with van der Waals surface area (Å²) >= 11 is 0. The van der Waals surface area contributed by atoms with E-state index in [1.165, 1.54) is 36.4 Å². The molecule has 9 nitrogen and oxygen atoms in total. The Morgan fingerprint density at radius 2 is 1.93 bits per heavy atom. The highest BCUT2D eigenvalue weighted by Crippen LogP contribution is 2.41. The minimum atomic E-state index is -0.745. The van der Waals surface area contributed by atoms with Gasteiger partial charge in [-0.2, -0.15) is 5.10 Å². The first kappa shape index (κ1) is 25.4. The zero-order chi connectivity index (χ0) is 28.0. The van der Waals surface area contributed by atoms with Gasteiger partial charge in [0.25, 0.3) is 11.8 Å². The van der Waals surface area contributed by atoms with Crippen LogP contribution in [-0.4, -0.2) is 45.4 Å². The van der Waals surface area contributed by atoms with Gasteiger partial charge in [0.2, 0.25) is 5.91 Å². The molecule has 6 rings (SSSR count). The van der Waals surface area contributed by atoms with Crippen LogP contribution in [0.5, 0.6) is 0 Å². The van der Waals surface area contributed by atoms with Gasteiger partial charge in [-0.25, -0.2) is 8.78 Å². The van der Waals surface area contributed by atoms with Crippen molar-refractivity contribution in [1.29, 1.82) is 0 Å². The van der Waals surface area contributed by atoms with E-state index in [9.17, 15) is 23.2 Å². The molecule has 11 heteroatoms. The number of carbonyl (C=O) groups excluding carboxylic acids is 3. The molecule has 40 heavy (non-hydrogen) atoms. The number of halogens is 2. The van der Waals surface area contributed by atoms with E-state index in [-0.39, 0.29) is 23.6 Å². The second-order valence-electron chi connectivity index (χ2n) is 9.82. The van der Waals surface area contributed by atoms with E-state index in [0.717, 1.165) is 10.9 Å². The van der Waals surface area contributed by atoms with Gasteiger partial charge in [-0.3, -0.25) is 24.4 Å². The molecule has 3 atom stereocenters. The van der Waals surface area contributed by atoms with E-state index >= 15 is 0 Å². The Morgan fingerprint density at radius 3 is 2.75 bits per heavy atom. The Hall–Kier alpha value is -4.90. The topological polar surface area (TPSA) is 119 Å². The predicted molar refractivity (Wildman–Crippen MR) is 143 cm³/mol. The van der Waals surface area contributed by atoms with Gasteiger partial charge in [0.1, 0.15) is 17.7 Å². The molecule has 1 aromatic heterocycles. The van der Waals surface area contributed by atoms with E-state index in [1.807, 2.05) is 4.90 Å². The quantitative estimate of drug-likeness (QED) is 0.278. The van der Waals surface area contributed by atoms with Gasteiger partial charge >= 0.3 is 0 Å². The molecule has 3 amide bonds. The number of carbonyl (C=O) groups is 3. The highest BCUT2D eigenvalue weighted by molar-refractivity contribution is 6.07. The summed E-state index contributed by atoms with van der Waals surface area (Å²) in [5.41, 5.74) is 2.77. The van der Waals surface area contributed by atoms with Crippen molar-refractivity contribution in [1.82, 2.24) is 25.7 Å². The van der Waals surface area contributed by atoms with Gasteiger partial charge in [0, 0.05) is 29.9 Å².